The largest absolute Gasteiger partial charge is 0.444 e. The summed E-state index contributed by atoms with van der Waals surface area (Å²) in [5.41, 5.74) is 7.04. The predicted octanol–water partition coefficient (Wildman–Crippen LogP) is 3.33. The van der Waals surface area contributed by atoms with Crippen LogP contribution < -0.4 is 5.73 Å². The van der Waals surface area contributed by atoms with Crippen molar-refractivity contribution >= 4 is 5.78 Å². The summed E-state index contributed by atoms with van der Waals surface area (Å²) in [6, 6.07) is 2.19. The van der Waals surface area contributed by atoms with E-state index in [1.807, 2.05) is 0 Å². The van der Waals surface area contributed by atoms with E-state index in [4.69, 9.17) is 10.5 Å². The molecule has 0 spiro atoms. The van der Waals surface area contributed by atoms with Gasteiger partial charge in [-0.25, -0.2) is 0 Å². The summed E-state index contributed by atoms with van der Waals surface area (Å²) < 4.78 is 5.70. The first-order valence-electron chi connectivity index (χ1n) is 7.92. The topological polar surface area (TPSA) is 76.1 Å². The van der Waals surface area contributed by atoms with Gasteiger partial charge in [-0.15, -0.1) is 0 Å². The van der Waals surface area contributed by atoms with E-state index in [2.05, 4.69) is 32.1 Å². The molecule has 22 heavy (non-hydrogen) atoms. The van der Waals surface area contributed by atoms with Gasteiger partial charge in [0.15, 0.2) is 5.78 Å². The summed E-state index contributed by atoms with van der Waals surface area (Å²) in [6.07, 6.45) is 8.37. The van der Waals surface area contributed by atoms with Crippen molar-refractivity contribution in [2.75, 3.05) is 0 Å². The van der Waals surface area contributed by atoms with Crippen LogP contribution in [-0.4, -0.2) is 5.78 Å². The summed E-state index contributed by atoms with van der Waals surface area (Å²) in [5, 5.41) is 9.52. The third kappa shape index (κ3) is 2.45. The molecule has 2 N–H and O–H groups in total. The van der Waals surface area contributed by atoms with Gasteiger partial charge in [0.25, 0.3) is 0 Å². The van der Waals surface area contributed by atoms with Gasteiger partial charge in [0, 0.05) is 24.3 Å². The zero-order valence-corrected chi connectivity index (χ0v) is 13.2. The first-order chi connectivity index (χ1) is 10.4. The van der Waals surface area contributed by atoms with Gasteiger partial charge in [0.05, 0.1) is 5.57 Å². The Hall–Kier alpha value is -2.02. The van der Waals surface area contributed by atoms with Crippen LogP contribution in [0.4, 0.5) is 0 Å². The van der Waals surface area contributed by atoms with Gasteiger partial charge in [-0.1, -0.05) is 26.0 Å². The van der Waals surface area contributed by atoms with Crippen LogP contribution in [0.25, 0.3) is 0 Å². The van der Waals surface area contributed by atoms with Gasteiger partial charge in [0.1, 0.15) is 11.8 Å². The molecule has 0 aromatic carbocycles. The Morgan fingerprint density at radius 3 is 2.77 bits per heavy atom. The number of carbonyl (C=O) groups excluding carboxylic acids is 1. The Kier molecular flexibility index (Phi) is 3.60. The molecule has 1 aliphatic heterocycles. The zero-order chi connectivity index (χ0) is 15.9. The first kappa shape index (κ1) is 14.9. The molecule has 116 valence electrons. The quantitative estimate of drug-likeness (QED) is 0.753. The van der Waals surface area contributed by atoms with E-state index in [-0.39, 0.29) is 28.9 Å². The monoisotopic (exact) mass is 298 g/mol. The molecule has 0 fully saturated rings. The molecule has 0 saturated carbocycles. The zero-order valence-electron chi connectivity index (χ0n) is 13.2. The van der Waals surface area contributed by atoms with Crippen LogP contribution in [-0.2, 0) is 9.53 Å². The first-order valence-corrected chi connectivity index (χ1v) is 7.92. The van der Waals surface area contributed by atoms with E-state index in [0.29, 0.717) is 29.7 Å². The van der Waals surface area contributed by atoms with Crippen molar-refractivity contribution in [3.63, 3.8) is 0 Å². The number of ketones is 1. The van der Waals surface area contributed by atoms with Gasteiger partial charge in [-0.05, 0) is 30.6 Å². The SMILES string of the molecule is CC1(C)CC(=O)C2=C(C1)OC(N)=C(C#N)[C@H]2[C@@H]1CC=CCC1. The minimum Gasteiger partial charge on any atom is -0.444 e. The fraction of sp³-hybridized carbons (Fsp3) is 0.556. The molecule has 0 aromatic rings. The van der Waals surface area contributed by atoms with Gasteiger partial charge >= 0.3 is 0 Å². The maximum absolute atomic E-state index is 12.7. The Balaban J connectivity index is 2.07. The van der Waals surface area contributed by atoms with Gasteiger partial charge in [-0.2, -0.15) is 5.26 Å². The number of hydrogen-bond donors (Lipinski definition) is 1. The lowest BCUT2D eigenvalue weighted by atomic mass is 9.67. The van der Waals surface area contributed by atoms with Crippen molar-refractivity contribution in [1.82, 2.24) is 0 Å². The van der Waals surface area contributed by atoms with Crippen LogP contribution in [0.2, 0.25) is 0 Å². The van der Waals surface area contributed by atoms with Crippen LogP contribution in [0.3, 0.4) is 0 Å². The molecular weight excluding hydrogens is 276 g/mol. The van der Waals surface area contributed by atoms with E-state index in [9.17, 15) is 10.1 Å². The van der Waals surface area contributed by atoms with E-state index in [1.165, 1.54) is 0 Å². The number of nitriles is 1. The van der Waals surface area contributed by atoms with Crippen molar-refractivity contribution < 1.29 is 9.53 Å². The molecule has 4 heteroatoms. The van der Waals surface area contributed by atoms with Crippen LogP contribution in [0.5, 0.6) is 0 Å². The molecule has 3 aliphatic rings. The van der Waals surface area contributed by atoms with Crippen LogP contribution in [0.1, 0.15) is 46.0 Å². The predicted molar refractivity (Wildman–Crippen MR) is 82.9 cm³/mol. The molecule has 2 atom stereocenters. The van der Waals surface area contributed by atoms with Gasteiger partial charge < -0.3 is 10.5 Å². The minimum atomic E-state index is -0.192. The smallest absolute Gasteiger partial charge is 0.204 e. The van der Waals surface area contributed by atoms with E-state index >= 15 is 0 Å². The van der Waals surface area contributed by atoms with Crippen molar-refractivity contribution in [2.24, 2.45) is 23.0 Å². The summed E-state index contributed by atoms with van der Waals surface area (Å²) in [6.45, 7) is 4.13. The Morgan fingerprint density at radius 1 is 1.36 bits per heavy atom. The molecule has 0 aromatic heterocycles. The molecule has 0 amide bonds. The number of rotatable bonds is 1. The second-order valence-corrected chi connectivity index (χ2v) is 7.29. The molecule has 3 rings (SSSR count). The molecular formula is C18H22N2O2. The fourth-order valence-corrected chi connectivity index (χ4v) is 3.92. The number of nitrogens with two attached hydrogens (primary N) is 1. The molecule has 0 bridgehead atoms. The number of hydrogen-bond acceptors (Lipinski definition) is 4. The second-order valence-electron chi connectivity index (χ2n) is 7.29. The summed E-state index contributed by atoms with van der Waals surface area (Å²) in [5.74, 6) is 1.06. The van der Waals surface area contributed by atoms with Crippen molar-refractivity contribution in [3.05, 3.63) is 34.9 Å². The molecule has 0 saturated heterocycles. The number of allylic oxidation sites excluding steroid dienone is 5. The van der Waals surface area contributed by atoms with E-state index in [1.54, 1.807) is 0 Å². The highest BCUT2D eigenvalue weighted by Gasteiger charge is 2.44. The van der Waals surface area contributed by atoms with E-state index in [0.717, 1.165) is 19.3 Å². The van der Waals surface area contributed by atoms with Crippen LogP contribution in [0.15, 0.2) is 34.9 Å². The van der Waals surface area contributed by atoms with Crippen molar-refractivity contribution in [1.29, 1.82) is 5.26 Å². The number of carbonyl (C=O) groups is 1. The van der Waals surface area contributed by atoms with Crippen LogP contribution >= 0.6 is 0 Å². The minimum absolute atomic E-state index is 0.114. The molecule has 4 nitrogen and oxygen atoms in total. The summed E-state index contributed by atoms with van der Waals surface area (Å²) in [7, 11) is 0. The molecule has 1 heterocycles. The highest BCUT2D eigenvalue weighted by Crippen LogP contribution is 2.48. The van der Waals surface area contributed by atoms with Gasteiger partial charge in [0.2, 0.25) is 5.88 Å². The lowest BCUT2D eigenvalue weighted by Crippen LogP contribution is -2.37. The van der Waals surface area contributed by atoms with Crippen molar-refractivity contribution in [3.8, 4) is 6.07 Å². The highest BCUT2D eigenvalue weighted by molar-refractivity contribution is 5.98. The third-order valence-corrected chi connectivity index (χ3v) is 4.90. The average Bonchev–Trinajstić information content (AvgIpc) is 2.45. The molecule has 0 unspecified atom stereocenters. The Bertz CT molecular complexity index is 646. The third-order valence-electron chi connectivity index (χ3n) is 4.90. The highest BCUT2D eigenvalue weighted by atomic mass is 16.5. The lowest BCUT2D eigenvalue weighted by molar-refractivity contribution is -0.119. The number of ether oxygens (including phenoxy) is 1. The molecule has 0 radical (unpaired) electrons. The average molecular weight is 298 g/mol. The maximum atomic E-state index is 12.7. The van der Waals surface area contributed by atoms with E-state index < -0.39 is 0 Å². The van der Waals surface area contributed by atoms with Crippen LogP contribution in [0, 0.1) is 28.6 Å². The maximum Gasteiger partial charge on any atom is 0.204 e. The lowest BCUT2D eigenvalue weighted by Gasteiger charge is -2.39. The van der Waals surface area contributed by atoms with Crippen molar-refractivity contribution in [2.45, 2.75) is 46.0 Å². The summed E-state index contributed by atoms with van der Waals surface area (Å²) >= 11 is 0. The Morgan fingerprint density at radius 2 is 2.14 bits per heavy atom. The summed E-state index contributed by atoms with van der Waals surface area (Å²) in [4.78, 5) is 12.7. The molecule has 2 aliphatic carbocycles. The fourth-order valence-electron chi connectivity index (χ4n) is 3.92. The normalized spacial score (nSPS) is 30.7. The number of Topliss-reactive ketones (excluding diaryl/α,β-unsaturated/α-hetero) is 1. The second kappa shape index (κ2) is 5.31. The Labute approximate surface area is 131 Å². The standard InChI is InChI=1S/C18H22N2O2/c1-18(2)8-13(21)16-14(9-18)22-17(20)12(10-19)15(16)11-6-4-3-5-7-11/h3-4,11,15H,5-9,20H2,1-2H3/t11-,15-/m1/s1. The number of nitrogens with zero attached hydrogens (tertiary/aromatic N) is 1. The van der Waals surface area contributed by atoms with Gasteiger partial charge in [-0.3, -0.25) is 4.79 Å².